The van der Waals surface area contributed by atoms with E-state index in [4.69, 9.17) is 11.6 Å². The molecule has 0 spiro atoms. The van der Waals surface area contributed by atoms with Crippen molar-refractivity contribution in [3.05, 3.63) is 100 Å². The van der Waals surface area contributed by atoms with Gasteiger partial charge < -0.3 is 5.11 Å². The molecule has 4 rings (SSSR count). The molecule has 0 aliphatic heterocycles. The third-order valence-electron chi connectivity index (χ3n) is 5.92. The van der Waals surface area contributed by atoms with Crippen molar-refractivity contribution in [1.82, 2.24) is 24.3 Å². The standard InChI is InChI=1S/C23H21ClN6O6/c1-11(20(33)34)12(2)30-22(35)26-21(29(23(30)36)10-13-3-5-14(24)6-4-13)25-15-7-8-16-17(9-15)19(32)28-27-18(16)31/h3-9,11-12H,10H2,1-2H3,(H,27,31)(H,28,32)(H,33,34)(H,25,26,35)/t11-,12+/m1/s1. The van der Waals surface area contributed by atoms with Crippen LogP contribution in [-0.4, -0.2) is 35.4 Å². The third-order valence-corrected chi connectivity index (χ3v) is 6.17. The molecule has 12 nitrogen and oxygen atoms in total. The summed E-state index contributed by atoms with van der Waals surface area (Å²) in [6, 6.07) is 9.93. The Morgan fingerprint density at radius 3 is 2.28 bits per heavy atom. The van der Waals surface area contributed by atoms with Crippen LogP contribution < -0.4 is 28.1 Å². The van der Waals surface area contributed by atoms with E-state index in [9.17, 15) is 29.1 Å². The summed E-state index contributed by atoms with van der Waals surface area (Å²) in [6.07, 6.45) is 0. The van der Waals surface area contributed by atoms with Crippen molar-refractivity contribution in [2.75, 3.05) is 0 Å². The fourth-order valence-electron chi connectivity index (χ4n) is 3.68. The monoisotopic (exact) mass is 512 g/mol. The fraction of sp³-hybridized carbons (Fsp3) is 0.217. The van der Waals surface area contributed by atoms with Crippen LogP contribution in [0.15, 0.2) is 66.6 Å². The van der Waals surface area contributed by atoms with E-state index in [1.807, 2.05) is 0 Å². The van der Waals surface area contributed by atoms with Crippen LogP contribution in [0.2, 0.25) is 5.02 Å². The number of halogens is 1. The number of fused-ring (bicyclic) bond motifs is 1. The first kappa shape index (κ1) is 24.7. The molecule has 0 unspecified atom stereocenters. The Kier molecular flexibility index (Phi) is 6.62. The highest BCUT2D eigenvalue weighted by atomic mass is 35.5. The van der Waals surface area contributed by atoms with E-state index in [1.54, 1.807) is 24.3 Å². The molecule has 0 bridgehead atoms. The lowest BCUT2D eigenvalue weighted by Crippen LogP contribution is -2.52. The number of aromatic amines is 3. The Labute approximate surface area is 206 Å². The van der Waals surface area contributed by atoms with Crippen LogP contribution in [0.25, 0.3) is 10.8 Å². The van der Waals surface area contributed by atoms with Crippen LogP contribution in [0, 0.1) is 5.92 Å². The van der Waals surface area contributed by atoms with Gasteiger partial charge in [-0.3, -0.25) is 34.1 Å². The van der Waals surface area contributed by atoms with Gasteiger partial charge in [0.2, 0.25) is 5.62 Å². The van der Waals surface area contributed by atoms with Crippen molar-refractivity contribution in [3.8, 4) is 0 Å². The van der Waals surface area contributed by atoms with Crippen LogP contribution in [0.5, 0.6) is 0 Å². The quantitative estimate of drug-likeness (QED) is 0.300. The highest BCUT2D eigenvalue weighted by molar-refractivity contribution is 6.30. The van der Waals surface area contributed by atoms with Gasteiger partial charge in [-0.15, -0.1) is 0 Å². The van der Waals surface area contributed by atoms with Gasteiger partial charge in [-0.05, 0) is 49.7 Å². The second-order valence-electron chi connectivity index (χ2n) is 8.24. The average Bonchev–Trinajstić information content (AvgIpc) is 2.84. The molecule has 186 valence electrons. The minimum absolute atomic E-state index is 0.0202. The molecule has 0 aliphatic rings. The molecule has 0 radical (unpaired) electrons. The molecule has 2 atom stereocenters. The van der Waals surface area contributed by atoms with Crippen LogP contribution in [0.1, 0.15) is 25.5 Å². The van der Waals surface area contributed by atoms with E-state index in [-0.39, 0.29) is 28.6 Å². The van der Waals surface area contributed by atoms with Crippen LogP contribution in [-0.2, 0) is 11.3 Å². The first-order chi connectivity index (χ1) is 17.1. The number of hydrogen-bond acceptors (Lipinski definition) is 6. The van der Waals surface area contributed by atoms with Gasteiger partial charge in [0.05, 0.1) is 35.0 Å². The number of rotatable bonds is 6. The summed E-state index contributed by atoms with van der Waals surface area (Å²) in [5, 5.41) is 14.6. The Balaban J connectivity index is 1.97. The predicted octanol–water partition coefficient (Wildman–Crippen LogP) is 1.08. The molecule has 13 heteroatoms. The van der Waals surface area contributed by atoms with Gasteiger partial charge in [-0.25, -0.2) is 19.1 Å². The molecule has 0 amide bonds. The predicted molar refractivity (Wildman–Crippen MR) is 132 cm³/mol. The number of nitrogens with zero attached hydrogens (tertiary/aromatic N) is 3. The Morgan fingerprint density at radius 1 is 1.00 bits per heavy atom. The molecular formula is C23H21ClN6O6. The van der Waals surface area contributed by atoms with Crippen molar-refractivity contribution in [2.45, 2.75) is 26.4 Å². The third kappa shape index (κ3) is 4.70. The average molecular weight is 513 g/mol. The van der Waals surface area contributed by atoms with Crippen LogP contribution in [0.4, 0.5) is 5.69 Å². The van der Waals surface area contributed by atoms with Gasteiger partial charge in [0.1, 0.15) is 0 Å². The number of nitrogens with one attached hydrogen (secondary N) is 3. The van der Waals surface area contributed by atoms with Crippen molar-refractivity contribution in [1.29, 1.82) is 0 Å². The summed E-state index contributed by atoms with van der Waals surface area (Å²) < 4.78 is 2.01. The zero-order valence-electron chi connectivity index (χ0n) is 19.1. The van der Waals surface area contributed by atoms with E-state index in [0.717, 1.165) is 4.57 Å². The molecule has 2 aromatic carbocycles. The number of H-pyrrole nitrogens is 3. The minimum Gasteiger partial charge on any atom is -0.481 e. The minimum atomic E-state index is -1.16. The SMILES string of the molecule is C[C@@H](C(=O)O)[C@H](C)n1c(=O)[nH]/c(=N\c2ccc3c(=O)[nH][nH]c(=O)c3c2)n(Cc2ccc(Cl)cc2)c1=O. The molecule has 0 saturated carbocycles. The molecule has 0 saturated heterocycles. The first-order valence-electron chi connectivity index (χ1n) is 10.8. The molecule has 2 aromatic heterocycles. The number of aliphatic carboxylic acids is 1. The topological polar surface area (TPSA) is 175 Å². The number of hydrogen-bond donors (Lipinski definition) is 4. The number of aromatic nitrogens is 5. The van der Waals surface area contributed by atoms with Gasteiger partial charge in [0.15, 0.2) is 0 Å². The van der Waals surface area contributed by atoms with Gasteiger partial charge in [0, 0.05) is 5.02 Å². The van der Waals surface area contributed by atoms with Gasteiger partial charge in [-0.1, -0.05) is 23.7 Å². The summed E-state index contributed by atoms with van der Waals surface area (Å²) in [5.41, 5.74) is -1.93. The van der Waals surface area contributed by atoms with Gasteiger partial charge >= 0.3 is 17.3 Å². The van der Waals surface area contributed by atoms with Crippen molar-refractivity contribution in [3.63, 3.8) is 0 Å². The van der Waals surface area contributed by atoms with E-state index in [0.29, 0.717) is 10.6 Å². The highest BCUT2D eigenvalue weighted by Crippen LogP contribution is 2.16. The molecule has 0 fully saturated rings. The molecule has 4 N–H and O–H groups in total. The molecule has 0 aliphatic carbocycles. The normalized spacial score (nSPS) is 13.6. The zero-order valence-corrected chi connectivity index (χ0v) is 19.9. The van der Waals surface area contributed by atoms with E-state index >= 15 is 0 Å². The van der Waals surface area contributed by atoms with Crippen LogP contribution >= 0.6 is 11.6 Å². The summed E-state index contributed by atoms with van der Waals surface area (Å²) >= 11 is 5.96. The lowest BCUT2D eigenvalue weighted by molar-refractivity contribution is -0.142. The first-order valence-corrected chi connectivity index (χ1v) is 11.2. The summed E-state index contributed by atoms with van der Waals surface area (Å²) in [5.74, 6) is -2.19. The molecule has 2 heterocycles. The second kappa shape index (κ2) is 9.66. The van der Waals surface area contributed by atoms with Crippen molar-refractivity contribution >= 4 is 34.0 Å². The Bertz CT molecular complexity index is 1780. The zero-order chi connectivity index (χ0) is 26.1. The summed E-state index contributed by atoms with van der Waals surface area (Å²) in [7, 11) is 0. The molecule has 4 aromatic rings. The lowest BCUT2D eigenvalue weighted by Gasteiger charge is -2.19. The maximum Gasteiger partial charge on any atom is 0.335 e. The summed E-state index contributed by atoms with van der Waals surface area (Å²) in [4.78, 5) is 68.9. The highest BCUT2D eigenvalue weighted by Gasteiger charge is 2.25. The number of carbonyl (C=O) groups is 1. The number of carboxylic acids is 1. The van der Waals surface area contributed by atoms with Crippen molar-refractivity contribution < 1.29 is 9.90 Å². The lowest BCUT2D eigenvalue weighted by atomic mass is 10.0. The summed E-state index contributed by atoms with van der Waals surface area (Å²) in [6.45, 7) is 2.84. The molecule has 36 heavy (non-hydrogen) atoms. The van der Waals surface area contributed by atoms with E-state index in [2.05, 4.69) is 20.2 Å². The Morgan fingerprint density at radius 2 is 1.64 bits per heavy atom. The Hall–Kier alpha value is -4.45. The largest absolute Gasteiger partial charge is 0.481 e. The second-order valence-corrected chi connectivity index (χ2v) is 8.67. The maximum absolute atomic E-state index is 13.5. The van der Waals surface area contributed by atoms with E-state index < -0.39 is 40.4 Å². The maximum atomic E-state index is 13.5. The van der Waals surface area contributed by atoms with Gasteiger partial charge in [0.25, 0.3) is 11.1 Å². The van der Waals surface area contributed by atoms with Gasteiger partial charge in [-0.2, -0.15) is 0 Å². The number of carboxylic acid groups (broad SMARTS) is 1. The molecular weight excluding hydrogens is 492 g/mol. The number of benzene rings is 2. The fourth-order valence-corrected chi connectivity index (χ4v) is 3.81. The van der Waals surface area contributed by atoms with E-state index in [1.165, 1.54) is 36.6 Å². The smallest absolute Gasteiger partial charge is 0.335 e. The van der Waals surface area contributed by atoms with Crippen molar-refractivity contribution in [2.24, 2.45) is 10.9 Å². The van der Waals surface area contributed by atoms with Crippen LogP contribution in [0.3, 0.4) is 0 Å².